The number of morpholine rings is 1. The molecule has 3 aliphatic rings. The van der Waals surface area contributed by atoms with Gasteiger partial charge in [-0.2, -0.15) is 0 Å². The fraction of sp³-hybridized carbons (Fsp3) is 0.217. The van der Waals surface area contributed by atoms with Gasteiger partial charge in [-0.1, -0.05) is 86.7 Å². The molecule has 0 spiro atoms. The van der Waals surface area contributed by atoms with Crippen molar-refractivity contribution < 1.29 is 18.9 Å². The number of hydrogen-bond acceptors (Lipinski definition) is 5. The lowest BCUT2D eigenvalue weighted by Gasteiger charge is -2.39. The van der Waals surface area contributed by atoms with Crippen molar-refractivity contribution >= 4 is 22.5 Å². The Morgan fingerprint density at radius 2 is 1.35 bits per heavy atom. The highest BCUT2D eigenvalue weighted by Crippen LogP contribution is 2.59. The molecule has 2 heterocycles. The van der Waals surface area contributed by atoms with Crippen LogP contribution in [0.1, 0.15) is 41.7 Å². The molecular weight excluding hydrogens is 631 g/mol. The molecule has 0 radical (unpaired) electrons. The summed E-state index contributed by atoms with van der Waals surface area (Å²) in [6.45, 7) is 7.97. The van der Waals surface area contributed by atoms with E-state index in [0.29, 0.717) is 0 Å². The molecule has 2 aliphatic heterocycles. The van der Waals surface area contributed by atoms with Crippen LogP contribution < -0.4 is 19.1 Å². The lowest BCUT2D eigenvalue weighted by Crippen LogP contribution is -2.37. The Bertz CT molecular complexity index is 2300. The predicted molar refractivity (Wildman–Crippen MR) is 206 cm³/mol. The van der Waals surface area contributed by atoms with Crippen LogP contribution in [0, 0.1) is 0 Å². The molecule has 6 aromatic carbocycles. The number of benzene rings is 6. The van der Waals surface area contributed by atoms with Crippen LogP contribution in [0.15, 0.2) is 121 Å². The lowest BCUT2D eigenvalue weighted by atomic mass is 9.76. The van der Waals surface area contributed by atoms with Crippen LogP contribution in [0.4, 0.5) is 5.69 Å². The van der Waals surface area contributed by atoms with Crippen LogP contribution in [-0.2, 0) is 15.8 Å². The van der Waals surface area contributed by atoms with Gasteiger partial charge in [0, 0.05) is 46.3 Å². The highest BCUT2D eigenvalue weighted by Gasteiger charge is 2.44. The highest BCUT2D eigenvalue weighted by atomic mass is 16.5. The molecule has 51 heavy (non-hydrogen) atoms. The smallest absolute Gasteiger partial charge is 0.178 e. The minimum Gasteiger partial charge on any atom is -0.497 e. The molecule has 1 aliphatic carbocycles. The second-order valence-corrected chi connectivity index (χ2v) is 14.2. The van der Waals surface area contributed by atoms with Crippen molar-refractivity contribution in [3.8, 4) is 39.5 Å². The third-order valence-corrected chi connectivity index (χ3v) is 11.1. The first kappa shape index (κ1) is 31.5. The quantitative estimate of drug-likeness (QED) is 0.176. The van der Waals surface area contributed by atoms with E-state index in [1.165, 1.54) is 39.1 Å². The summed E-state index contributed by atoms with van der Waals surface area (Å²) in [5, 5.41) is 2.19. The summed E-state index contributed by atoms with van der Waals surface area (Å²) in [5.74, 6) is 2.51. The van der Waals surface area contributed by atoms with Crippen molar-refractivity contribution in [1.29, 1.82) is 0 Å². The zero-order chi connectivity index (χ0) is 34.7. The normalized spacial score (nSPS) is 18.5. The fourth-order valence-electron chi connectivity index (χ4n) is 8.46. The topological polar surface area (TPSA) is 40.2 Å². The van der Waals surface area contributed by atoms with Gasteiger partial charge in [-0.05, 0) is 93.4 Å². The molecule has 0 N–H and O–H groups in total. The van der Waals surface area contributed by atoms with Crippen LogP contribution in [0.2, 0.25) is 0 Å². The third kappa shape index (κ3) is 4.94. The van der Waals surface area contributed by atoms with Crippen molar-refractivity contribution in [1.82, 2.24) is 0 Å². The highest BCUT2D eigenvalue weighted by molar-refractivity contribution is 6.09. The van der Waals surface area contributed by atoms with E-state index in [9.17, 15) is 0 Å². The van der Waals surface area contributed by atoms with E-state index < -0.39 is 5.60 Å². The molecule has 6 aromatic rings. The van der Waals surface area contributed by atoms with E-state index in [1.807, 2.05) is 18.2 Å². The zero-order valence-electron chi connectivity index (χ0n) is 29.5. The first-order chi connectivity index (χ1) is 24.9. The number of rotatable bonds is 6. The first-order valence-electron chi connectivity index (χ1n) is 17.8. The molecule has 1 saturated heterocycles. The van der Waals surface area contributed by atoms with Crippen LogP contribution >= 0.6 is 0 Å². The number of anilines is 1. The Balaban J connectivity index is 1.26. The summed E-state index contributed by atoms with van der Waals surface area (Å²) in [6, 6.07) is 41.1. The standard InChI is InChI=1S/C46H41NO4/c1-45(2)41-28-31(30-8-6-5-7-9-30)10-20-38(41)42-40-29-36(49-4)19-21-37(40)44-39(43(42)45)22-23-46(51-44,33-13-17-35(48-3)18-14-33)32-11-15-34(16-12-32)47-24-26-50-27-25-47/h5-23,28-29H,24-27H2,1-4H3. The number of ether oxygens (including phenoxy) is 4. The minimum absolute atomic E-state index is 0.287. The van der Waals surface area contributed by atoms with Gasteiger partial charge in [0.1, 0.15) is 17.2 Å². The number of fused-ring (bicyclic) bond motifs is 8. The Kier molecular flexibility index (Phi) is 7.44. The SMILES string of the molecule is COc1ccc(C2(c3ccc(N4CCOCC4)cc3)C=Cc3c4c(c5cc(OC)ccc5c3O2)-c2ccc(-c3ccccc3)cc2C4(C)C)cc1. The van der Waals surface area contributed by atoms with Gasteiger partial charge >= 0.3 is 0 Å². The largest absolute Gasteiger partial charge is 0.497 e. The van der Waals surface area contributed by atoms with Crippen molar-refractivity contribution in [2.24, 2.45) is 0 Å². The van der Waals surface area contributed by atoms with Gasteiger partial charge in [0.2, 0.25) is 0 Å². The fourth-order valence-corrected chi connectivity index (χ4v) is 8.46. The molecule has 254 valence electrons. The van der Waals surface area contributed by atoms with Crippen LogP contribution in [0.5, 0.6) is 17.2 Å². The van der Waals surface area contributed by atoms with Crippen molar-refractivity contribution in [3.63, 3.8) is 0 Å². The summed E-state index contributed by atoms with van der Waals surface area (Å²) < 4.78 is 24.6. The monoisotopic (exact) mass is 671 g/mol. The Labute approximate surface area is 299 Å². The molecule has 0 saturated carbocycles. The molecule has 1 fully saturated rings. The van der Waals surface area contributed by atoms with Gasteiger partial charge in [0.25, 0.3) is 0 Å². The molecule has 9 rings (SSSR count). The van der Waals surface area contributed by atoms with Gasteiger partial charge in [-0.25, -0.2) is 0 Å². The zero-order valence-corrected chi connectivity index (χ0v) is 29.5. The summed E-state index contributed by atoms with van der Waals surface area (Å²) in [4.78, 5) is 2.38. The predicted octanol–water partition coefficient (Wildman–Crippen LogP) is 10.0. The number of nitrogens with zero attached hydrogens (tertiary/aromatic N) is 1. The lowest BCUT2D eigenvalue weighted by molar-refractivity contribution is 0.122. The molecule has 0 amide bonds. The number of methoxy groups -OCH3 is 2. The second kappa shape index (κ2) is 12.1. The minimum atomic E-state index is -0.875. The van der Waals surface area contributed by atoms with E-state index in [-0.39, 0.29) is 5.41 Å². The van der Waals surface area contributed by atoms with Gasteiger partial charge in [0.05, 0.1) is 27.4 Å². The van der Waals surface area contributed by atoms with Gasteiger partial charge in [-0.3, -0.25) is 0 Å². The van der Waals surface area contributed by atoms with E-state index in [1.54, 1.807) is 14.2 Å². The molecule has 0 aromatic heterocycles. The molecule has 5 heteroatoms. The average molecular weight is 672 g/mol. The molecule has 0 bridgehead atoms. The van der Waals surface area contributed by atoms with Crippen molar-refractivity contribution in [2.45, 2.75) is 24.9 Å². The van der Waals surface area contributed by atoms with Gasteiger partial charge in [-0.15, -0.1) is 0 Å². The Morgan fingerprint density at radius 1 is 0.667 bits per heavy atom. The summed E-state index contributed by atoms with van der Waals surface area (Å²) in [6.07, 6.45) is 4.57. The van der Waals surface area contributed by atoms with Gasteiger partial charge in [0.15, 0.2) is 5.60 Å². The van der Waals surface area contributed by atoms with E-state index in [2.05, 4.69) is 128 Å². The molecular formula is C46H41NO4. The van der Waals surface area contributed by atoms with Crippen LogP contribution in [0.3, 0.4) is 0 Å². The van der Waals surface area contributed by atoms with Crippen LogP contribution in [-0.4, -0.2) is 40.5 Å². The maximum Gasteiger partial charge on any atom is 0.178 e. The summed E-state index contributed by atoms with van der Waals surface area (Å²) >= 11 is 0. The third-order valence-electron chi connectivity index (χ3n) is 11.1. The Morgan fingerprint density at radius 3 is 2.06 bits per heavy atom. The average Bonchev–Trinajstić information content (AvgIpc) is 3.44. The number of hydrogen-bond donors (Lipinski definition) is 0. The summed E-state index contributed by atoms with van der Waals surface area (Å²) in [5.41, 5.74) is 10.8. The van der Waals surface area contributed by atoms with Crippen LogP contribution in [0.25, 0.3) is 39.1 Å². The maximum atomic E-state index is 7.55. The second-order valence-electron chi connectivity index (χ2n) is 14.2. The van der Waals surface area contributed by atoms with Gasteiger partial charge < -0.3 is 23.8 Å². The maximum absolute atomic E-state index is 7.55. The molecule has 5 nitrogen and oxygen atoms in total. The molecule has 1 unspecified atom stereocenters. The first-order valence-corrected chi connectivity index (χ1v) is 17.8. The molecule has 1 atom stereocenters. The summed E-state index contributed by atoms with van der Waals surface area (Å²) in [7, 11) is 3.43. The van der Waals surface area contributed by atoms with E-state index in [4.69, 9.17) is 18.9 Å². The Hall–Kier alpha value is -5.52. The van der Waals surface area contributed by atoms with E-state index in [0.717, 1.165) is 71.0 Å². The van der Waals surface area contributed by atoms with E-state index >= 15 is 0 Å². The van der Waals surface area contributed by atoms with Crippen molar-refractivity contribution in [2.75, 3.05) is 45.4 Å². The van der Waals surface area contributed by atoms with Crippen molar-refractivity contribution in [3.05, 3.63) is 149 Å².